The Labute approximate surface area is 158 Å². The van der Waals surface area contributed by atoms with Gasteiger partial charge in [0.15, 0.2) is 0 Å². The van der Waals surface area contributed by atoms with Crippen molar-refractivity contribution < 1.29 is 17.9 Å². The van der Waals surface area contributed by atoms with E-state index in [9.17, 15) is 13.2 Å². The van der Waals surface area contributed by atoms with Gasteiger partial charge in [0.05, 0.1) is 10.5 Å². The van der Waals surface area contributed by atoms with Crippen molar-refractivity contribution in [3.63, 3.8) is 0 Å². The lowest BCUT2D eigenvalue weighted by atomic mass is 10.2. The Kier molecular flexibility index (Phi) is 5.96. The van der Waals surface area contributed by atoms with Crippen molar-refractivity contribution in [1.82, 2.24) is 4.31 Å². The summed E-state index contributed by atoms with van der Waals surface area (Å²) in [5, 5.41) is 0.531. The van der Waals surface area contributed by atoms with E-state index in [1.807, 2.05) is 6.07 Å². The summed E-state index contributed by atoms with van der Waals surface area (Å²) in [4.78, 5) is 12.4. The van der Waals surface area contributed by atoms with E-state index in [4.69, 9.17) is 16.3 Å². The number of rotatable bonds is 5. The molecule has 1 fully saturated rings. The lowest BCUT2D eigenvalue weighted by Gasteiger charge is -2.25. The minimum absolute atomic E-state index is 0.0618. The van der Waals surface area contributed by atoms with Crippen molar-refractivity contribution >= 4 is 27.6 Å². The number of hydrogen-bond donors (Lipinski definition) is 0. The Bertz CT molecular complexity index is 875. The molecule has 0 aromatic heterocycles. The third-order valence-corrected chi connectivity index (χ3v) is 6.64. The second-order valence-electron chi connectivity index (χ2n) is 6.16. The zero-order valence-electron chi connectivity index (χ0n) is 14.2. The van der Waals surface area contributed by atoms with Gasteiger partial charge >= 0.3 is 5.97 Å². The molecule has 2 aromatic carbocycles. The van der Waals surface area contributed by atoms with E-state index in [0.29, 0.717) is 29.2 Å². The summed E-state index contributed by atoms with van der Waals surface area (Å²) in [6, 6.07) is 13.0. The SMILES string of the molecule is O=C(OCc1ccccc1Cl)c1ccc(S(=O)(=O)N2CCCCC2)cc1. The summed E-state index contributed by atoms with van der Waals surface area (Å²) in [7, 11) is -3.50. The first-order valence-corrected chi connectivity index (χ1v) is 10.3. The number of carbonyl (C=O) groups is 1. The molecule has 0 unspecified atom stereocenters. The highest BCUT2D eigenvalue weighted by molar-refractivity contribution is 7.89. The molecule has 3 rings (SSSR count). The molecule has 1 aliphatic rings. The molecule has 0 bridgehead atoms. The molecule has 1 saturated heterocycles. The van der Waals surface area contributed by atoms with Gasteiger partial charge in [-0.05, 0) is 43.2 Å². The van der Waals surface area contributed by atoms with Crippen LogP contribution in [0.3, 0.4) is 0 Å². The fraction of sp³-hybridized carbons (Fsp3) is 0.316. The number of ether oxygens (including phenoxy) is 1. The van der Waals surface area contributed by atoms with Crippen molar-refractivity contribution in [2.45, 2.75) is 30.8 Å². The Morgan fingerprint density at radius 2 is 1.65 bits per heavy atom. The molecule has 0 spiro atoms. The number of nitrogens with zero attached hydrogens (tertiary/aromatic N) is 1. The first-order valence-electron chi connectivity index (χ1n) is 8.49. The van der Waals surface area contributed by atoms with Gasteiger partial charge in [-0.25, -0.2) is 13.2 Å². The minimum Gasteiger partial charge on any atom is -0.457 e. The van der Waals surface area contributed by atoms with Gasteiger partial charge < -0.3 is 4.74 Å². The summed E-state index contributed by atoms with van der Waals surface area (Å²) >= 11 is 6.04. The third-order valence-electron chi connectivity index (χ3n) is 4.36. The third kappa shape index (κ3) is 4.26. The zero-order valence-corrected chi connectivity index (χ0v) is 15.8. The van der Waals surface area contributed by atoms with Crippen molar-refractivity contribution in [1.29, 1.82) is 0 Å². The second-order valence-corrected chi connectivity index (χ2v) is 8.50. The van der Waals surface area contributed by atoms with Crippen molar-refractivity contribution in [2.24, 2.45) is 0 Å². The molecule has 138 valence electrons. The maximum Gasteiger partial charge on any atom is 0.338 e. The lowest BCUT2D eigenvalue weighted by Crippen LogP contribution is -2.35. The Morgan fingerprint density at radius 1 is 1.00 bits per heavy atom. The number of carbonyl (C=O) groups excluding carboxylic acids is 1. The highest BCUT2D eigenvalue weighted by Gasteiger charge is 2.26. The van der Waals surface area contributed by atoms with Gasteiger partial charge in [0.1, 0.15) is 6.61 Å². The van der Waals surface area contributed by atoms with E-state index < -0.39 is 16.0 Å². The standard InChI is InChI=1S/C19H20ClNO4S/c20-18-7-3-2-6-16(18)14-25-19(22)15-8-10-17(11-9-15)26(23,24)21-12-4-1-5-13-21/h2-3,6-11H,1,4-5,12-14H2. The number of benzene rings is 2. The largest absolute Gasteiger partial charge is 0.457 e. The van der Waals surface area contributed by atoms with Gasteiger partial charge in [-0.1, -0.05) is 36.2 Å². The zero-order chi connectivity index (χ0) is 18.6. The van der Waals surface area contributed by atoms with Crippen LogP contribution in [0.25, 0.3) is 0 Å². The van der Waals surface area contributed by atoms with Crippen LogP contribution >= 0.6 is 11.6 Å². The van der Waals surface area contributed by atoms with Gasteiger partial charge in [-0.15, -0.1) is 0 Å². The number of esters is 1. The molecule has 1 heterocycles. The smallest absolute Gasteiger partial charge is 0.338 e. The molecule has 0 radical (unpaired) electrons. The predicted molar refractivity (Wildman–Crippen MR) is 99.6 cm³/mol. The summed E-state index contributed by atoms with van der Waals surface area (Å²) < 4.78 is 32.0. The highest BCUT2D eigenvalue weighted by atomic mass is 35.5. The van der Waals surface area contributed by atoms with Crippen LogP contribution < -0.4 is 0 Å². The molecule has 1 aliphatic heterocycles. The molecular weight excluding hydrogens is 374 g/mol. The van der Waals surface area contributed by atoms with Gasteiger partial charge in [-0.2, -0.15) is 4.31 Å². The van der Waals surface area contributed by atoms with Crippen molar-refractivity contribution in [2.75, 3.05) is 13.1 Å². The van der Waals surface area contributed by atoms with Crippen LogP contribution in [0.4, 0.5) is 0 Å². The highest BCUT2D eigenvalue weighted by Crippen LogP contribution is 2.21. The monoisotopic (exact) mass is 393 g/mol. The minimum atomic E-state index is -3.50. The van der Waals surface area contributed by atoms with E-state index in [0.717, 1.165) is 19.3 Å². The van der Waals surface area contributed by atoms with Crippen LogP contribution in [0.2, 0.25) is 5.02 Å². The molecule has 0 saturated carbocycles. The number of piperidine rings is 1. The molecule has 0 atom stereocenters. The van der Waals surface area contributed by atoms with Crippen LogP contribution in [0.5, 0.6) is 0 Å². The molecule has 7 heteroatoms. The molecule has 0 N–H and O–H groups in total. The lowest BCUT2D eigenvalue weighted by molar-refractivity contribution is 0.0472. The van der Waals surface area contributed by atoms with Crippen LogP contribution in [0.1, 0.15) is 35.2 Å². The summed E-state index contributed by atoms with van der Waals surface area (Å²) in [5.74, 6) is -0.521. The van der Waals surface area contributed by atoms with Gasteiger partial charge in [0.25, 0.3) is 0 Å². The fourth-order valence-corrected chi connectivity index (χ4v) is 4.57. The average molecular weight is 394 g/mol. The van der Waals surface area contributed by atoms with E-state index >= 15 is 0 Å². The number of sulfonamides is 1. The Hall–Kier alpha value is -1.89. The summed E-state index contributed by atoms with van der Waals surface area (Å²) in [5.41, 5.74) is 1.02. The van der Waals surface area contributed by atoms with Crippen LogP contribution in [0, 0.1) is 0 Å². The second kappa shape index (κ2) is 8.20. The van der Waals surface area contributed by atoms with Crippen LogP contribution in [0.15, 0.2) is 53.4 Å². The quantitative estimate of drug-likeness (QED) is 0.723. The first kappa shape index (κ1) is 18.9. The summed E-state index contributed by atoms with van der Waals surface area (Å²) in [6.45, 7) is 1.15. The van der Waals surface area contributed by atoms with Gasteiger partial charge in [0, 0.05) is 23.7 Å². The number of halogens is 1. The molecule has 5 nitrogen and oxygen atoms in total. The van der Waals surface area contributed by atoms with Gasteiger partial charge in [0.2, 0.25) is 10.0 Å². The molecule has 26 heavy (non-hydrogen) atoms. The van der Waals surface area contributed by atoms with Crippen molar-refractivity contribution in [3.8, 4) is 0 Å². The molecule has 0 amide bonds. The fourth-order valence-electron chi connectivity index (χ4n) is 2.86. The Morgan fingerprint density at radius 3 is 2.31 bits per heavy atom. The maximum absolute atomic E-state index is 12.6. The van der Waals surface area contributed by atoms with Crippen molar-refractivity contribution in [3.05, 3.63) is 64.7 Å². The Balaban J connectivity index is 1.67. The van der Waals surface area contributed by atoms with E-state index in [2.05, 4.69) is 0 Å². The van der Waals surface area contributed by atoms with E-state index in [1.54, 1.807) is 18.2 Å². The topological polar surface area (TPSA) is 63.7 Å². The van der Waals surface area contributed by atoms with Gasteiger partial charge in [-0.3, -0.25) is 0 Å². The molecule has 0 aliphatic carbocycles. The van der Waals surface area contributed by atoms with Crippen LogP contribution in [-0.4, -0.2) is 31.8 Å². The summed E-state index contributed by atoms with van der Waals surface area (Å²) in [6.07, 6.45) is 2.82. The molecular formula is C19H20ClNO4S. The average Bonchev–Trinajstić information content (AvgIpc) is 2.68. The first-order chi connectivity index (χ1) is 12.5. The predicted octanol–water partition coefficient (Wildman–Crippen LogP) is 3.87. The maximum atomic E-state index is 12.6. The van der Waals surface area contributed by atoms with Crippen LogP contribution in [-0.2, 0) is 21.4 Å². The number of hydrogen-bond acceptors (Lipinski definition) is 4. The van der Waals surface area contributed by atoms with E-state index in [1.165, 1.54) is 28.6 Å². The normalized spacial score (nSPS) is 15.6. The molecule has 2 aromatic rings. The van der Waals surface area contributed by atoms with E-state index in [-0.39, 0.29) is 11.5 Å².